The Balaban J connectivity index is 2.77. The molecule has 0 bridgehead atoms. The Morgan fingerprint density at radius 2 is 1.69 bits per heavy atom. The second-order valence-corrected chi connectivity index (χ2v) is 4.25. The summed E-state index contributed by atoms with van der Waals surface area (Å²) < 4.78 is 27.1. The van der Waals surface area contributed by atoms with Crippen LogP contribution < -0.4 is 5.73 Å². The van der Waals surface area contributed by atoms with Crippen LogP contribution in [0.1, 0.15) is 17.5 Å². The fraction of sp³-hybridized carbons (Fsp3) is 0.333. The first-order valence-corrected chi connectivity index (χ1v) is 5.14. The zero-order chi connectivity index (χ0) is 9.59. The van der Waals surface area contributed by atoms with E-state index in [1.165, 1.54) is 0 Å². The molecule has 0 amide bonds. The molecule has 0 saturated heterocycles. The van der Waals surface area contributed by atoms with Crippen molar-refractivity contribution in [3.63, 3.8) is 0 Å². The molecule has 2 N–H and O–H groups in total. The van der Waals surface area contributed by atoms with Gasteiger partial charge in [0.2, 0.25) is 0 Å². The van der Waals surface area contributed by atoms with E-state index in [0.717, 1.165) is 18.4 Å². The highest BCUT2D eigenvalue weighted by Crippen LogP contribution is 2.34. The molecule has 13 heavy (non-hydrogen) atoms. The van der Waals surface area contributed by atoms with Crippen LogP contribution in [0.2, 0.25) is 0 Å². The first kappa shape index (κ1) is 9.18. The highest BCUT2D eigenvalue weighted by molar-refractivity contribution is 14.1. The van der Waals surface area contributed by atoms with Crippen molar-refractivity contribution in [3.8, 4) is 0 Å². The monoisotopic (exact) mass is 295 g/mol. The zero-order valence-corrected chi connectivity index (χ0v) is 8.99. The third kappa shape index (κ3) is 1.22. The summed E-state index contributed by atoms with van der Waals surface area (Å²) in [5.74, 6) is -1.15. The van der Waals surface area contributed by atoms with Crippen LogP contribution in [0.15, 0.2) is 0 Å². The number of halogens is 3. The molecule has 0 aliphatic heterocycles. The number of nitrogens with two attached hydrogens (primary N) is 1. The maximum Gasteiger partial charge on any atom is 0.162 e. The van der Waals surface area contributed by atoms with E-state index in [1.54, 1.807) is 0 Å². The zero-order valence-electron chi connectivity index (χ0n) is 6.83. The summed E-state index contributed by atoms with van der Waals surface area (Å²) in [6, 6.07) is 0. The maximum absolute atomic E-state index is 13.4. The molecule has 1 aromatic rings. The van der Waals surface area contributed by atoms with Crippen LogP contribution in [-0.4, -0.2) is 0 Å². The van der Waals surface area contributed by atoms with Crippen molar-refractivity contribution >= 4 is 28.3 Å². The van der Waals surface area contributed by atoms with Crippen LogP contribution in [0.5, 0.6) is 0 Å². The van der Waals surface area contributed by atoms with Gasteiger partial charge in [0.25, 0.3) is 0 Å². The normalized spacial score (nSPS) is 14.7. The summed E-state index contributed by atoms with van der Waals surface area (Å²) in [5.41, 5.74) is 6.40. The van der Waals surface area contributed by atoms with Gasteiger partial charge >= 0.3 is 0 Å². The average molecular weight is 295 g/mol. The second kappa shape index (κ2) is 3.08. The molecule has 70 valence electrons. The first-order chi connectivity index (χ1) is 6.13. The largest absolute Gasteiger partial charge is 0.394 e. The molecule has 1 nitrogen and oxygen atoms in total. The van der Waals surface area contributed by atoms with Crippen LogP contribution in [0.25, 0.3) is 0 Å². The molecule has 1 aliphatic carbocycles. The Labute approximate surface area is 88.5 Å². The van der Waals surface area contributed by atoms with Crippen molar-refractivity contribution in [2.24, 2.45) is 0 Å². The minimum atomic E-state index is -0.598. The molecule has 0 spiro atoms. The molecular weight excluding hydrogens is 287 g/mol. The van der Waals surface area contributed by atoms with Gasteiger partial charge in [0, 0.05) is 0 Å². The van der Waals surface area contributed by atoms with Crippen LogP contribution >= 0.6 is 22.6 Å². The molecular formula is C9H8F2IN. The Bertz CT molecular complexity index is 342. The SMILES string of the molecule is Nc1c(F)c(I)c2c(c1F)CCC2. The molecule has 0 saturated carbocycles. The molecule has 0 radical (unpaired) electrons. The van der Waals surface area contributed by atoms with Crippen LogP contribution in [0.4, 0.5) is 14.5 Å². The highest BCUT2D eigenvalue weighted by atomic mass is 127. The summed E-state index contributed by atoms with van der Waals surface area (Å²) in [7, 11) is 0. The topological polar surface area (TPSA) is 26.0 Å². The molecule has 2 rings (SSSR count). The second-order valence-electron chi connectivity index (χ2n) is 3.17. The Hall–Kier alpha value is -0.390. The number of hydrogen-bond donors (Lipinski definition) is 1. The Morgan fingerprint density at radius 1 is 1.08 bits per heavy atom. The van der Waals surface area contributed by atoms with Gasteiger partial charge in [-0.25, -0.2) is 8.78 Å². The van der Waals surface area contributed by atoms with Gasteiger partial charge in [0.15, 0.2) is 11.6 Å². The maximum atomic E-state index is 13.4. The minimum absolute atomic E-state index is 0.329. The van der Waals surface area contributed by atoms with Gasteiger partial charge in [0.05, 0.1) is 3.57 Å². The predicted octanol–water partition coefficient (Wildman–Crippen LogP) is 2.64. The van der Waals surface area contributed by atoms with E-state index in [4.69, 9.17) is 5.73 Å². The van der Waals surface area contributed by atoms with Crippen LogP contribution in [-0.2, 0) is 12.8 Å². The van der Waals surface area contributed by atoms with Crippen molar-refractivity contribution in [2.45, 2.75) is 19.3 Å². The highest BCUT2D eigenvalue weighted by Gasteiger charge is 2.24. The van der Waals surface area contributed by atoms with Crippen molar-refractivity contribution in [2.75, 3.05) is 5.73 Å². The standard InChI is InChI=1S/C9H8F2IN/c10-6-4-2-1-3-5(4)8(12)7(11)9(6)13/h1-3,13H2. The van der Waals surface area contributed by atoms with E-state index < -0.39 is 11.6 Å². The first-order valence-electron chi connectivity index (χ1n) is 4.06. The predicted molar refractivity (Wildman–Crippen MR) is 55.5 cm³/mol. The fourth-order valence-corrected chi connectivity index (χ4v) is 2.62. The summed E-state index contributed by atoms with van der Waals surface area (Å²) >= 11 is 1.89. The van der Waals surface area contributed by atoms with Gasteiger partial charge in [-0.1, -0.05) is 0 Å². The molecule has 1 aliphatic rings. The molecule has 0 atom stereocenters. The van der Waals surface area contributed by atoms with Crippen molar-refractivity contribution < 1.29 is 8.78 Å². The smallest absolute Gasteiger partial charge is 0.162 e. The number of hydrogen-bond acceptors (Lipinski definition) is 1. The lowest BCUT2D eigenvalue weighted by Crippen LogP contribution is -2.04. The van der Waals surface area contributed by atoms with Gasteiger partial charge in [-0.05, 0) is 53.0 Å². The molecule has 1 aromatic carbocycles. The van der Waals surface area contributed by atoms with Gasteiger partial charge < -0.3 is 5.73 Å². The van der Waals surface area contributed by atoms with Crippen molar-refractivity contribution in [1.82, 2.24) is 0 Å². The number of benzene rings is 1. The van der Waals surface area contributed by atoms with Gasteiger partial charge in [-0.15, -0.1) is 0 Å². The average Bonchev–Trinajstić information content (AvgIpc) is 2.59. The van der Waals surface area contributed by atoms with E-state index in [0.29, 0.717) is 15.6 Å². The fourth-order valence-electron chi connectivity index (χ4n) is 1.74. The summed E-state index contributed by atoms with van der Waals surface area (Å²) in [6.45, 7) is 0. The van der Waals surface area contributed by atoms with Gasteiger partial charge in [-0.2, -0.15) is 0 Å². The molecule has 0 unspecified atom stereocenters. The minimum Gasteiger partial charge on any atom is -0.394 e. The van der Waals surface area contributed by atoms with Gasteiger partial charge in [0.1, 0.15) is 5.69 Å². The van der Waals surface area contributed by atoms with E-state index in [9.17, 15) is 8.78 Å². The van der Waals surface area contributed by atoms with Crippen LogP contribution in [0, 0.1) is 15.2 Å². The number of anilines is 1. The number of nitrogen functional groups attached to an aromatic ring is 1. The lowest BCUT2D eigenvalue weighted by Gasteiger charge is -2.08. The molecule has 4 heteroatoms. The lowest BCUT2D eigenvalue weighted by atomic mass is 10.1. The van der Waals surface area contributed by atoms with Crippen molar-refractivity contribution in [1.29, 1.82) is 0 Å². The number of fused-ring (bicyclic) bond motifs is 1. The molecule has 0 aromatic heterocycles. The van der Waals surface area contributed by atoms with Gasteiger partial charge in [-0.3, -0.25) is 0 Å². The Kier molecular flexibility index (Phi) is 2.17. The van der Waals surface area contributed by atoms with Crippen molar-refractivity contribution in [3.05, 3.63) is 26.3 Å². The lowest BCUT2D eigenvalue weighted by molar-refractivity contribution is 0.578. The molecule has 0 heterocycles. The summed E-state index contributed by atoms with van der Waals surface area (Å²) in [6.07, 6.45) is 2.34. The molecule has 0 fully saturated rings. The summed E-state index contributed by atoms with van der Waals surface area (Å²) in [4.78, 5) is 0. The number of rotatable bonds is 0. The quantitative estimate of drug-likeness (QED) is 0.444. The third-order valence-corrected chi connectivity index (χ3v) is 3.54. The van der Waals surface area contributed by atoms with E-state index >= 15 is 0 Å². The Morgan fingerprint density at radius 3 is 2.38 bits per heavy atom. The van der Waals surface area contributed by atoms with E-state index in [1.807, 2.05) is 22.6 Å². The van der Waals surface area contributed by atoms with E-state index in [-0.39, 0.29) is 5.69 Å². The third-order valence-electron chi connectivity index (χ3n) is 2.41. The van der Waals surface area contributed by atoms with Crippen LogP contribution in [0.3, 0.4) is 0 Å². The summed E-state index contributed by atoms with van der Waals surface area (Å²) in [5, 5.41) is 0. The van der Waals surface area contributed by atoms with E-state index in [2.05, 4.69) is 0 Å².